The topological polar surface area (TPSA) is 51.8 Å². The molecule has 0 spiro atoms. The van der Waals surface area contributed by atoms with Gasteiger partial charge < -0.3 is 4.42 Å². The lowest BCUT2D eigenvalue weighted by Gasteiger charge is -2.10. The number of benzene rings is 8. The molecule has 0 aliphatic rings. The second-order valence-corrected chi connectivity index (χ2v) is 12.4. The van der Waals surface area contributed by atoms with Crippen molar-refractivity contribution in [3.05, 3.63) is 164 Å². The summed E-state index contributed by atoms with van der Waals surface area (Å²) in [6.45, 7) is 0. The summed E-state index contributed by atoms with van der Waals surface area (Å²) < 4.78 is 6.85. The molecule has 0 aliphatic carbocycles. The van der Waals surface area contributed by atoms with Crippen LogP contribution in [0.2, 0.25) is 0 Å². The summed E-state index contributed by atoms with van der Waals surface area (Å²) in [6.07, 6.45) is 0. The van der Waals surface area contributed by atoms with Crippen LogP contribution in [0.25, 0.3) is 99.5 Å². The standard InChI is InChI=1S/C45H27N3O/c1-2-13-30(14-3-1)39-27-40-37-19-10-20-38(41(37)49-42(40)36-18-9-8-17-35(36)39)45-47-43(33-23-21-28-11-4-6-15-31(28)25-33)46-44(48-45)34-24-22-29-12-5-7-16-32(29)26-34/h1-27H. The Bertz CT molecular complexity index is 2790. The average Bonchev–Trinajstić information content (AvgIpc) is 3.56. The summed E-state index contributed by atoms with van der Waals surface area (Å²) in [6, 6.07) is 56.9. The van der Waals surface area contributed by atoms with E-state index in [-0.39, 0.29) is 0 Å². The van der Waals surface area contributed by atoms with Crippen molar-refractivity contribution < 1.29 is 4.42 Å². The molecule has 0 atom stereocenters. The van der Waals surface area contributed by atoms with E-state index in [1.54, 1.807) is 0 Å². The van der Waals surface area contributed by atoms with Crippen LogP contribution in [0.15, 0.2) is 168 Å². The first kappa shape index (κ1) is 27.5. The lowest BCUT2D eigenvalue weighted by atomic mass is 9.95. The largest absolute Gasteiger partial charge is 0.455 e. The highest BCUT2D eigenvalue weighted by atomic mass is 16.3. The first-order chi connectivity index (χ1) is 24.3. The van der Waals surface area contributed by atoms with Gasteiger partial charge in [0.2, 0.25) is 0 Å². The maximum Gasteiger partial charge on any atom is 0.167 e. The van der Waals surface area contributed by atoms with Crippen LogP contribution >= 0.6 is 0 Å². The van der Waals surface area contributed by atoms with Crippen molar-refractivity contribution in [2.75, 3.05) is 0 Å². The summed E-state index contributed by atoms with van der Waals surface area (Å²) in [5, 5.41) is 8.92. The minimum atomic E-state index is 0.568. The van der Waals surface area contributed by atoms with E-state index in [1.165, 1.54) is 21.9 Å². The molecule has 2 heterocycles. The van der Waals surface area contributed by atoms with Crippen LogP contribution in [0.4, 0.5) is 0 Å². The van der Waals surface area contributed by atoms with Crippen molar-refractivity contribution in [1.29, 1.82) is 0 Å². The van der Waals surface area contributed by atoms with E-state index in [1.807, 2.05) is 0 Å². The van der Waals surface area contributed by atoms with E-state index in [4.69, 9.17) is 19.4 Å². The van der Waals surface area contributed by atoms with Gasteiger partial charge in [0.15, 0.2) is 17.5 Å². The minimum Gasteiger partial charge on any atom is -0.455 e. The van der Waals surface area contributed by atoms with Gasteiger partial charge in [-0.25, -0.2) is 15.0 Å². The van der Waals surface area contributed by atoms with Gasteiger partial charge in [-0.1, -0.05) is 140 Å². The quantitative estimate of drug-likeness (QED) is 0.195. The number of rotatable bonds is 4. The fourth-order valence-electron chi connectivity index (χ4n) is 7.06. The van der Waals surface area contributed by atoms with Crippen LogP contribution in [0.3, 0.4) is 0 Å². The molecule has 2 aromatic heterocycles. The molecule has 0 bridgehead atoms. The van der Waals surface area contributed by atoms with Gasteiger partial charge in [0.05, 0.1) is 5.56 Å². The van der Waals surface area contributed by atoms with Crippen molar-refractivity contribution >= 4 is 54.3 Å². The Morgan fingerprint density at radius 3 is 1.51 bits per heavy atom. The van der Waals surface area contributed by atoms with Crippen LogP contribution in [-0.2, 0) is 0 Å². The molecule has 10 aromatic rings. The summed E-state index contributed by atoms with van der Waals surface area (Å²) in [5.74, 6) is 1.80. The van der Waals surface area contributed by atoms with E-state index in [0.29, 0.717) is 17.5 Å². The Hall–Kier alpha value is -6.65. The molecule has 4 heteroatoms. The van der Waals surface area contributed by atoms with Gasteiger partial charge in [-0.15, -0.1) is 0 Å². The lowest BCUT2D eigenvalue weighted by Crippen LogP contribution is -2.00. The average molecular weight is 626 g/mol. The third-order valence-electron chi connectivity index (χ3n) is 9.48. The number of nitrogens with zero attached hydrogens (tertiary/aromatic N) is 3. The monoisotopic (exact) mass is 625 g/mol. The highest BCUT2D eigenvalue weighted by Crippen LogP contribution is 2.42. The van der Waals surface area contributed by atoms with Crippen LogP contribution < -0.4 is 0 Å². The van der Waals surface area contributed by atoms with Crippen LogP contribution in [0, 0.1) is 0 Å². The molecule has 0 unspecified atom stereocenters. The number of hydrogen-bond acceptors (Lipinski definition) is 4. The molecule has 0 N–H and O–H groups in total. The van der Waals surface area contributed by atoms with E-state index < -0.39 is 0 Å². The Morgan fingerprint density at radius 2 is 0.837 bits per heavy atom. The Balaban J connectivity index is 1.23. The third-order valence-corrected chi connectivity index (χ3v) is 9.48. The molecule has 0 radical (unpaired) electrons. The Kier molecular flexibility index (Phi) is 6.15. The molecular weight excluding hydrogens is 599 g/mol. The van der Waals surface area contributed by atoms with Crippen molar-refractivity contribution in [3.63, 3.8) is 0 Å². The normalized spacial score (nSPS) is 11.7. The number of para-hydroxylation sites is 1. The highest BCUT2D eigenvalue weighted by molar-refractivity contribution is 6.20. The molecule has 4 nitrogen and oxygen atoms in total. The molecule has 10 rings (SSSR count). The predicted molar refractivity (Wildman–Crippen MR) is 201 cm³/mol. The van der Waals surface area contributed by atoms with Gasteiger partial charge in [-0.05, 0) is 62.3 Å². The summed E-state index contributed by atoms with van der Waals surface area (Å²) in [5.41, 5.74) is 6.65. The minimum absolute atomic E-state index is 0.568. The molecular formula is C45H27N3O. The second kappa shape index (κ2) is 11.0. The number of fused-ring (bicyclic) bond motifs is 7. The lowest BCUT2D eigenvalue weighted by molar-refractivity contribution is 0.673. The first-order valence-electron chi connectivity index (χ1n) is 16.4. The molecule has 0 saturated heterocycles. The second-order valence-electron chi connectivity index (χ2n) is 12.4. The number of furan rings is 1. The zero-order valence-corrected chi connectivity index (χ0v) is 26.3. The van der Waals surface area contributed by atoms with Crippen LogP contribution in [0.1, 0.15) is 0 Å². The van der Waals surface area contributed by atoms with Crippen molar-refractivity contribution in [3.8, 4) is 45.3 Å². The zero-order chi connectivity index (χ0) is 32.3. The molecule has 0 aliphatic heterocycles. The maximum absolute atomic E-state index is 6.85. The summed E-state index contributed by atoms with van der Waals surface area (Å²) >= 11 is 0. The fraction of sp³-hybridized carbons (Fsp3) is 0. The van der Waals surface area contributed by atoms with Gasteiger partial charge >= 0.3 is 0 Å². The van der Waals surface area contributed by atoms with Gasteiger partial charge in [-0.3, -0.25) is 0 Å². The van der Waals surface area contributed by atoms with E-state index in [9.17, 15) is 0 Å². The molecule has 0 saturated carbocycles. The smallest absolute Gasteiger partial charge is 0.167 e. The van der Waals surface area contributed by atoms with Crippen molar-refractivity contribution in [2.45, 2.75) is 0 Å². The fourth-order valence-corrected chi connectivity index (χ4v) is 7.06. The number of hydrogen-bond donors (Lipinski definition) is 0. The van der Waals surface area contributed by atoms with Crippen molar-refractivity contribution in [2.24, 2.45) is 0 Å². The van der Waals surface area contributed by atoms with Gasteiger partial charge in [0.1, 0.15) is 11.2 Å². The molecule has 228 valence electrons. The Labute approximate surface area is 282 Å². The maximum atomic E-state index is 6.85. The first-order valence-corrected chi connectivity index (χ1v) is 16.4. The predicted octanol–water partition coefficient (Wildman–Crippen LogP) is 11.9. The molecule has 0 fully saturated rings. The van der Waals surface area contributed by atoms with Gasteiger partial charge in [0, 0.05) is 27.3 Å². The Morgan fingerprint density at radius 1 is 0.306 bits per heavy atom. The van der Waals surface area contributed by atoms with Gasteiger partial charge in [0.25, 0.3) is 0 Å². The molecule has 0 amide bonds. The van der Waals surface area contributed by atoms with Crippen LogP contribution in [-0.4, -0.2) is 15.0 Å². The third kappa shape index (κ3) is 4.57. The van der Waals surface area contributed by atoms with E-state index >= 15 is 0 Å². The molecule has 8 aromatic carbocycles. The van der Waals surface area contributed by atoms with Crippen LogP contribution in [0.5, 0.6) is 0 Å². The molecule has 49 heavy (non-hydrogen) atoms. The summed E-state index contributed by atoms with van der Waals surface area (Å²) in [7, 11) is 0. The van der Waals surface area contributed by atoms with Gasteiger partial charge in [-0.2, -0.15) is 0 Å². The van der Waals surface area contributed by atoms with Crippen molar-refractivity contribution in [1.82, 2.24) is 15.0 Å². The zero-order valence-electron chi connectivity index (χ0n) is 26.3. The van der Waals surface area contributed by atoms with E-state index in [2.05, 4.69) is 164 Å². The van der Waals surface area contributed by atoms with E-state index in [0.717, 1.165) is 60.2 Å². The highest BCUT2D eigenvalue weighted by Gasteiger charge is 2.20. The summed E-state index contributed by atoms with van der Waals surface area (Å²) in [4.78, 5) is 15.3. The SMILES string of the molecule is c1ccc(-c2cc3c4cccc(-c5nc(-c6ccc7ccccc7c6)nc(-c6ccc7ccccc7c6)n5)c4oc3c3ccccc23)cc1. The number of aromatic nitrogens is 3.